The molecule has 2 atom stereocenters. The molecule has 6 nitrogen and oxygen atoms in total. The van der Waals surface area contributed by atoms with Crippen LogP contribution in [0.15, 0.2) is 84.9 Å². The predicted molar refractivity (Wildman–Crippen MR) is 110 cm³/mol. The Hall–Kier alpha value is -3.80. The van der Waals surface area contributed by atoms with E-state index in [2.05, 4.69) is 0 Å². The third-order valence-corrected chi connectivity index (χ3v) is 4.08. The third-order valence-electron chi connectivity index (χ3n) is 4.08. The average Bonchev–Trinajstić information content (AvgIpc) is 2.71. The molecule has 0 aliphatic heterocycles. The smallest absolute Gasteiger partial charge is 0.180 e. The number of amidine groups is 2. The van der Waals surface area contributed by atoms with Gasteiger partial charge in [-0.2, -0.15) is 0 Å². The van der Waals surface area contributed by atoms with Crippen molar-refractivity contribution in [3.8, 4) is 11.5 Å². The second kappa shape index (κ2) is 8.73. The minimum atomic E-state index is -0.758. The van der Waals surface area contributed by atoms with Crippen LogP contribution in [0.5, 0.6) is 11.5 Å². The van der Waals surface area contributed by atoms with Gasteiger partial charge in [-0.1, -0.05) is 54.6 Å². The molecule has 0 amide bonds. The molecule has 0 aromatic heterocycles. The molecule has 3 rings (SSSR count). The summed E-state index contributed by atoms with van der Waals surface area (Å²) in [7, 11) is 0. The van der Waals surface area contributed by atoms with Crippen molar-refractivity contribution in [3.63, 3.8) is 0 Å². The fraction of sp³-hybridized carbons (Fsp3) is 0.0909. The van der Waals surface area contributed by atoms with Gasteiger partial charge in [-0.05, 0) is 30.3 Å². The molecular formula is C22H22N4O2. The van der Waals surface area contributed by atoms with Crippen LogP contribution in [-0.2, 0) is 0 Å². The summed E-state index contributed by atoms with van der Waals surface area (Å²) in [5.41, 5.74) is 12.9. The Labute approximate surface area is 163 Å². The molecule has 0 saturated heterocycles. The summed E-state index contributed by atoms with van der Waals surface area (Å²) >= 11 is 0. The van der Waals surface area contributed by atoms with E-state index in [1.807, 2.05) is 48.5 Å². The summed E-state index contributed by atoms with van der Waals surface area (Å²) in [4.78, 5) is 0. The number of rotatable bonds is 8. The Morgan fingerprint density at radius 2 is 1.00 bits per heavy atom. The highest BCUT2D eigenvalue weighted by Crippen LogP contribution is 2.27. The van der Waals surface area contributed by atoms with Crippen LogP contribution in [0, 0.1) is 10.8 Å². The maximum absolute atomic E-state index is 7.93. The van der Waals surface area contributed by atoms with Crippen molar-refractivity contribution >= 4 is 11.7 Å². The predicted octanol–water partition coefficient (Wildman–Crippen LogP) is 3.80. The SMILES string of the molecule is N=C(N)C(Oc1ccccc1)c1cccc(C(Oc2ccccc2)C(=N)N)c1. The lowest BCUT2D eigenvalue weighted by atomic mass is 10.0. The largest absolute Gasteiger partial charge is 0.478 e. The minimum Gasteiger partial charge on any atom is -0.478 e. The van der Waals surface area contributed by atoms with Crippen molar-refractivity contribution in [2.24, 2.45) is 11.5 Å². The number of hydrogen-bond acceptors (Lipinski definition) is 4. The van der Waals surface area contributed by atoms with Crippen molar-refractivity contribution in [2.75, 3.05) is 0 Å². The molecule has 3 aromatic rings. The fourth-order valence-corrected chi connectivity index (χ4v) is 2.78. The van der Waals surface area contributed by atoms with Crippen molar-refractivity contribution in [2.45, 2.75) is 12.2 Å². The first kappa shape index (κ1) is 19.0. The van der Waals surface area contributed by atoms with E-state index < -0.39 is 12.2 Å². The summed E-state index contributed by atoms with van der Waals surface area (Å²) in [6, 6.07) is 25.6. The van der Waals surface area contributed by atoms with E-state index in [-0.39, 0.29) is 11.7 Å². The number of benzene rings is 3. The van der Waals surface area contributed by atoms with Crippen LogP contribution >= 0.6 is 0 Å². The lowest BCUT2D eigenvalue weighted by Crippen LogP contribution is -2.27. The highest BCUT2D eigenvalue weighted by molar-refractivity contribution is 5.85. The number of ether oxygens (including phenoxy) is 2. The van der Waals surface area contributed by atoms with Gasteiger partial charge in [0.25, 0.3) is 0 Å². The Balaban J connectivity index is 1.89. The van der Waals surface area contributed by atoms with E-state index in [9.17, 15) is 0 Å². The summed E-state index contributed by atoms with van der Waals surface area (Å²) in [5.74, 6) is 0.974. The van der Waals surface area contributed by atoms with E-state index in [1.165, 1.54) is 0 Å². The molecule has 0 aliphatic carbocycles. The van der Waals surface area contributed by atoms with E-state index in [4.69, 9.17) is 31.8 Å². The van der Waals surface area contributed by atoms with E-state index in [0.29, 0.717) is 22.6 Å². The van der Waals surface area contributed by atoms with Gasteiger partial charge in [-0.25, -0.2) is 0 Å². The maximum Gasteiger partial charge on any atom is 0.180 e. The second-order valence-corrected chi connectivity index (χ2v) is 6.20. The van der Waals surface area contributed by atoms with Crippen molar-refractivity contribution in [1.82, 2.24) is 0 Å². The molecule has 0 aliphatic rings. The first-order valence-electron chi connectivity index (χ1n) is 8.75. The molecule has 0 saturated carbocycles. The van der Waals surface area contributed by atoms with Crippen molar-refractivity contribution in [1.29, 1.82) is 10.8 Å². The molecule has 0 fully saturated rings. The van der Waals surface area contributed by atoms with E-state index in [0.717, 1.165) is 0 Å². The van der Waals surface area contributed by atoms with Crippen molar-refractivity contribution < 1.29 is 9.47 Å². The molecule has 142 valence electrons. The molecule has 6 N–H and O–H groups in total. The molecule has 0 heterocycles. The minimum absolute atomic E-state index is 0.121. The van der Waals surface area contributed by atoms with Gasteiger partial charge in [0.2, 0.25) is 0 Å². The van der Waals surface area contributed by atoms with Crippen LogP contribution in [0.4, 0.5) is 0 Å². The van der Waals surface area contributed by atoms with Gasteiger partial charge in [-0.3, -0.25) is 10.8 Å². The zero-order valence-electron chi connectivity index (χ0n) is 15.2. The highest BCUT2D eigenvalue weighted by atomic mass is 16.5. The normalized spacial score (nSPS) is 12.6. The topological polar surface area (TPSA) is 118 Å². The lowest BCUT2D eigenvalue weighted by Gasteiger charge is -2.22. The van der Waals surface area contributed by atoms with Gasteiger partial charge in [0.15, 0.2) is 12.2 Å². The number of nitrogens with two attached hydrogens (primary N) is 2. The quantitative estimate of drug-likeness (QED) is 0.354. The van der Waals surface area contributed by atoms with Crippen LogP contribution in [-0.4, -0.2) is 11.7 Å². The molecule has 28 heavy (non-hydrogen) atoms. The van der Waals surface area contributed by atoms with Gasteiger partial charge < -0.3 is 20.9 Å². The lowest BCUT2D eigenvalue weighted by molar-refractivity contribution is 0.264. The first-order valence-corrected chi connectivity index (χ1v) is 8.75. The van der Waals surface area contributed by atoms with Crippen LogP contribution in [0.25, 0.3) is 0 Å². The molecule has 0 spiro atoms. The summed E-state index contributed by atoms with van der Waals surface area (Å²) in [5, 5.41) is 15.9. The second-order valence-electron chi connectivity index (χ2n) is 6.20. The third kappa shape index (κ3) is 4.67. The van der Waals surface area contributed by atoms with Crippen LogP contribution in [0.3, 0.4) is 0 Å². The Bertz CT molecular complexity index is 870. The molecule has 0 radical (unpaired) electrons. The highest BCUT2D eigenvalue weighted by Gasteiger charge is 2.22. The molecule has 3 aromatic carbocycles. The van der Waals surface area contributed by atoms with Crippen LogP contribution in [0.1, 0.15) is 23.3 Å². The zero-order chi connectivity index (χ0) is 19.9. The Kier molecular flexibility index (Phi) is 5.91. The van der Waals surface area contributed by atoms with Gasteiger partial charge in [0.05, 0.1) is 0 Å². The Morgan fingerprint density at radius 3 is 1.36 bits per heavy atom. The molecule has 6 heteroatoms. The number of nitrogens with one attached hydrogen (secondary N) is 2. The summed E-state index contributed by atoms with van der Waals surface area (Å²) < 4.78 is 11.8. The molecule has 0 bridgehead atoms. The van der Waals surface area contributed by atoms with Gasteiger partial charge >= 0.3 is 0 Å². The van der Waals surface area contributed by atoms with Crippen LogP contribution < -0.4 is 20.9 Å². The maximum atomic E-state index is 7.93. The van der Waals surface area contributed by atoms with Crippen molar-refractivity contribution in [3.05, 3.63) is 96.1 Å². The average molecular weight is 374 g/mol. The van der Waals surface area contributed by atoms with Gasteiger partial charge in [0, 0.05) is 11.1 Å². The fourth-order valence-electron chi connectivity index (χ4n) is 2.78. The monoisotopic (exact) mass is 374 g/mol. The Morgan fingerprint density at radius 1 is 0.607 bits per heavy atom. The molecule has 2 unspecified atom stereocenters. The summed E-state index contributed by atoms with van der Waals surface area (Å²) in [6.45, 7) is 0. The number of para-hydroxylation sites is 2. The summed E-state index contributed by atoms with van der Waals surface area (Å²) in [6.07, 6.45) is -1.52. The van der Waals surface area contributed by atoms with Gasteiger partial charge in [-0.15, -0.1) is 0 Å². The van der Waals surface area contributed by atoms with Gasteiger partial charge in [0.1, 0.15) is 23.2 Å². The zero-order valence-corrected chi connectivity index (χ0v) is 15.2. The standard InChI is InChI=1S/C22H22N4O2/c23-21(24)19(27-17-10-3-1-4-11-17)15-8-7-9-16(14-15)20(22(25)26)28-18-12-5-2-6-13-18/h1-14,19-20H,(H3,23,24)(H3,25,26). The van der Waals surface area contributed by atoms with E-state index in [1.54, 1.807) is 36.4 Å². The van der Waals surface area contributed by atoms with E-state index >= 15 is 0 Å². The number of hydrogen-bond donors (Lipinski definition) is 4. The van der Waals surface area contributed by atoms with Crippen LogP contribution in [0.2, 0.25) is 0 Å². The molecular weight excluding hydrogens is 352 g/mol. The first-order chi connectivity index (χ1) is 13.5.